The molecule has 1 aliphatic rings. The van der Waals surface area contributed by atoms with Gasteiger partial charge in [0.15, 0.2) is 5.96 Å². The highest BCUT2D eigenvalue weighted by molar-refractivity contribution is 5.94. The molecule has 2 amide bonds. The number of nitrogens with zero attached hydrogens (tertiary/aromatic N) is 1. The third kappa shape index (κ3) is 8.54. The Kier molecular flexibility index (Phi) is 10.0. The zero-order chi connectivity index (χ0) is 20.9. The Bertz CT molecular complexity index is 684. The average Bonchev–Trinajstić information content (AvgIpc) is 3.23. The molecular formula is C22H35N5O2. The number of benzene rings is 1. The van der Waals surface area contributed by atoms with Crippen LogP contribution in [0.15, 0.2) is 29.3 Å². The molecule has 0 heterocycles. The Labute approximate surface area is 174 Å². The summed E-state index contributed by atoms with van der Waals surface area (Å²) >= 11 is 0. The van der Waals surface area contributed by atoms with Gasteiger partial charge in [0.1, 0.15) is 0 Å². The molecule has 0 aromatic heterocycles. The van der Waals surface area contributed by atoms with E-state index in [2.05, 4.69) is 26.3 Å². The average molecular weight is 402 g/mol. The summed E-state index contributed by atoms with van der Waals surface area (Å²) < 4.78 is 0. The summed E-state index contributed by atoms with van der Waals surface area (Å²) in [7, 11) is 1.63. The molecule has 2 rings (SSSR count). The fourth-order valence-electron chi connectivity index (χ4n) is 3.58. The van der Waals surface area contributed by atoms with E-state index >= 15 is 0 Å². The predicted octanol–water partition coefficient (Wildman–Crippen LogP) is 1.84. The zero-order valence-corrected chi connectivity index (χ0v) is 17.7. The van der Waals surface area contributed by atoms with Crippen LogP contribution in [0.4, 0.5) is 0 Å². The number of nitrogens with one attached hydrogen (secondary N) is 4. The molecule has 1 aromatic rings. The Morgan fingerprint density at radius 3 is 2.59 bits per heavy atom. The van der Waals surface area contributed by atoms with Crippen LogP contribution in [0.3, 0.4) is 0 Å². The topological polar surface area (TPSA) is 94.6 Å². The lowest BCUT2D eigenvalue weighted by atomic mass is 10.0. The second-order valence-corrected chi connectivity index (χ2v) is 7.42. The van der Waals surface area contributed by atoms with E-state index in [-0.39, 0.29) is 11.8 Å². The van der Waals surface area contributed by atoms with Crippen molar-refractivity contribution in [2.45, 2.75) is 45.4 Å². The van der Waals surface area contributed by atoms with Crippen LogP contribution in [0.1, 0.15) is 54.9 Å². The highest BCUT2D eigenvalue weighted by Crippen LogP contribution is 2.27. The Balaban J connectivity index is 1.71. The molecule has 1 aliphatic carbocycles. The molecule has 0 atom stereocenters. The van der Waals surface area contributed by atoms with E-state index in [0.717, 1.165) is 24.5 Å². The van der Waals surface area contributed by atoms with Crippen molar-refractivity contribution in [3.63, 3.8) is 0 Å². The quantitative estimate of drug-likeness (QED) is 0.273. The normalized spacial score (nSPS) is 14.5. The highest BCUT2D eigenvalue weighted by atomic mass is 16.2. The van der Waals surface area contributed by atoms with Crippen molar-refractivity contribution in [3.05, 3.63) is 35.4 Å². The van der Waals surface area contributed by atoms with Crippen molar-refractivity contribution < 1.29 is 9.59 Å². The van der Waals surface area contributed by atoms with E-state index in [9.17, 15) is 9.59 Å². The van der Waals surface area contributed by atoms with Crippen molar-refractivity contribution in [1.29, 1.82) is 0 Å². The summed E-state index contributed by atoms with van der Waals surface area (Å²) in [5.74, 6) is 1.38. The summed E-state index contributed by atoms with van der Waals surface area (Å²) in [6.07, 6.45) is 6.31. The first-order valence-electron chi connectivity index (χ1n) is 10.7. The molecule has 160 valence electrons. The van der Waals surface area contributed by atoms with Crippen LogP contribution >= 0.6 is 0 Å². The second kappa shape index (κ2) is 12.8. The summed E-state index contributed by atoms with van der Waals surface area (Å²) in [6, 6.07) is 7.59. The molecule has 7 nitrogen and oxygen atoms in total. The largest absolute Gasteiger partial charge is 0.357 e. The number of rotatable bonds is 10. The molecule has 1 saturated carbocycles. The van der Waals surface area contributed by atoms with Crippen LogP contribution in [-0.4, -0.2) is 51.0 Å². The van der Waals surface area contributed by atoms with Crippen molar-refractivity contribution >= 4 is 17.8 Å². The number of carbonyl (C=O) groups is 2. The minimum atomic E-state index is -0.0830. The van der Waals surface area contributed by atoms with Gasteiger partial charge in [-0.3, -0.25) is 14.6 Å². The van der Waals surface area contributed by atoms with Gasteiger partial charge in [0.05, 0.1) is 0 Å². The van der Waals surface area contributed by atoms with Gasteiger partial charge < -0.3 is 21.3 Å². The van der Waals surface area contributed by atoms with Gasteiger partial charge in [-0.2, -0.15) is 0 Å². The van der Waals surface area contributed by atoms with Gasteiger partial charge in [-0.1, -0.05) is 25.0 Å². The Morgan fingerprint density at radius 1 is 1.10 bits per heavy atom. The van der Waals surface area contributed by atoms with Crippen LogP contribution in [0.25, 0.3) is 0 Å². The summed E-state index contributed by atoms with van der Waals surface area (Å²) in [6.45, 7) is 4.62. The zero-order valence-electron chi connectivity index (χ0n) is 17.7. The van der Waals surface area contributed by atoms with Crippen molar-refractivity contribution in [2.75, 3.05) is 33.2 Å². The summed E-state index contributed by atoms with van der Waals surface area (Å²) in [4.78, 5) is 28.3. The molecule has 0 aliphatic heterocycles. The van der Waals surface area contributed by atoms with Crippen molar-refractivity contribution in [1.82, 2.24) is 21.3 Å². The Hall–Kier alpha value is -2.57. The lowest BCUT2D eigenvalue weighted by molar-refractivity contribution is -0.121. The van der Waals surface area contributed by atoms with Gasteiger partial charge in [-0.25, -0.2) is 0 Å². The molecular weight excluding hydrogens is 366 g/mol. The lowest BCUT2D eigenvalue weighted by Gasteiger charge is -2.13. The first-order valence-corrected chi connectivity index (χ1v) is 10.7. The molecule has 1 fully saturated rings. The van der Waals surface area contributed by atoms with Gasteiger partial charge in [0.25, 0.3) is 5.91 Å². The molecule has 1 aromatic carbocycles. The summed E-state index contributed by atoms with van der Waals surface area (Å²) in [5, 5.41) is 12.1. The standard InChI is InChI=1S/C22H35N5O2/c1-3-24-22(27-14-13-25-20(28)16-17-7-4-5-8-17)26-12-11-18-9-6-10-19(15-18)21(29)23-2/h6,9-10,15,17H,3-5,7-8,11-14,16H2,1-2H3,(H,23,29)(H,25,28)(H2,24,26,27). The SMILES string of the molecule is CCNC(=NCCc1cccc(C(=O)NC)c1)NCCNC(=O)CC1CCCC1. The smallest absolute Gasteiger partial charge is 0.251 e. The van der Waals surface area contributed by atoms with Crippen molar-refractivity contribution in [3.8, 4) is 0 Å². The fourth-order valence-corrected chi connectivity index (χ4v) is 3.58. The maximum Gasteiger partial charge on any atom is 0.251 e. The molecule has 7 heteroatoms. The number of guanidine groups is 1. The molecule has 29 heavy (non-hydrogen) atoms. The van der Waals surface area contributed by atoms with E-state index in [4.69, 9.17) is 0 Å². The monoisotopic (exact) mass is 401 g/mol. The third-order valence-corrected chi connectivity index (χ3v) is 5.12. The molecule has 0 radical (unpaired) electrons. The third-order valence-electron chi connectivity index (χ3n) is 5.12. The van der Waals surface area contributed by atoms with Crippen LogP contribution in [0.2, 0.25) is 0 Å². The number of hydrogen-bond donors (Lipinski definition) is 4. The molecule has 0 saturated heterocycles. The van der Waals surface area contributed by atoms with Gasteiger partial charge >= 0.3 is 0 Å². The maximum absolute atomic E-state index is 12.0. The Morgan fingerprint density at radius 2 is 1.86 bits per heavy atom. The van der Waals surface area contributed by atoms with Gasteiger partial charge in [0.2, 0.25) is 5.91 Å². The minimum absolute atomic E-state index is 0.0830. The van der Waals surface area contributed by atoms with Gasteiger partial charge in [0, 0.05) is 45.2 Å². The fraction of sp³-hybridized carbons (Fsp3) is 0.591. The van der Waals surface area contributed by atoms with E-state index in [0.29, 0.717) is 37.5 Å². The van der Waals surface area contributed by atoms with E-state index in [1.54, 1.807) is 13.1 Å². The first kappa shape index (κ1) is 22.7. The molecule has 0 unspecified atom stereocenters. The first-order chi connectivity index (χ1) is 14.1. The minimum Gasteiger partial charge on any atom is -0.357 e. The van der Waals surface area contributed by atoms with Gasteiger partial charge in [-0.15, -0.1) is 0 Å². The molecule has 4 N–H and O–H groups in total. The molecule has 0 spiro atoms. The lowest BCUT2D eigenvalue weighted by Crippen LogP contribution is -2.41. The van der Waals surface area contributed by atoms with Crippen LogP contribution < -0.4 is 21.3 Å². The van der Waals surface area contributed by atoms with Crippen LogP contribution in [0.5, 0.6) is 0 Å². The maximum atomic E-state index is 12.0. The number of carbonyl (C=O) groups excluding carboxylic acids is 2. The second-order valence-electron chi connectivity index (χ2n) is 7.42. The highest BCUT2D eigenvalue weighted by Gasteiger charge is 2.17. The molecule has 0 bridgehead atoms. The van der Waals surface area contributed by atoms with E-state index in [1.165, 1.54) is 25.7 Å². The summed E-state index contributed by atoms with van der Waals surface area (Å²) in [5.41, 5.74) is 1.73. The van der Waals surface area contributed by atoms with E-state index < -0.39 is 0 Å². The van der Waals surface area contributed by atoms with Gasteiger partial charge in [-0.05, 0) is 49.8 Å². The number of aliphatic imine (C=N–C) groups is 1. The number of hydrogen-bond acceptors (Lipinski definition) is 3. The van der Waals surface area contributed by atoms with Crippen LogP contribution in [0, 0.1) is 5.92 Å². The van der Waals surface area contributed by atoms with Crippen molar-refractivity contribution in [2.24, 2.45) is 10.9 Å². The van der Waals surface area contributed by atoms with Crippen LogP contribution in [-0.2, 0) is 11.2 Å². The predicted molar refractivity (Wildman–Crippen MR) is 117 cm³/mol. The van der Waals surface area contributed by atoms with E-state index in [1.807, 2.05) is 25.1 Å². The number of amides is 2.